The van der Waals surface area contributed by atoms with Gasteiger partial charge in [-0.15, -0.1) is 0 Å². The van der Waals surface area contributed by atoms with Gasteiger partial charge in [-0.1, -0.05) is 37.6 Å². The fourth-order valence-corrected chi connectivity index (χ4v) is 1.99. The highest BCUT2D eigenvalue weighted by molar-refractivity contribution is 9.10. The first kappa shape index (κ1) is 14.3. The van der Waals surface area contributed by atoms with Gasteiger partial charge in [0.15, 0.2) is 0 Å². The lowest BCUT2D eigenvalue weighted by atomic mass is 10.2. The number of hydrogen-bond acceptors (Lipinski definition) is 3. The molecule has 0 fully saturated rings. The van der Waals surface area contributed by atoms with Gasteiger partial charge in [0.2, 0.25) is 5.88 Å². The first-order valence-electron chi connectivity index (χ1n) is 5.96. The van der Waals surface area contributed by atoms with Gasteiger partial charge in [-0.05, 0) is 33.6 Å². The van der Waals surface area contributed by atoms with Crippen LogP contribution in [-0.2, 0) is 6.61 Å². The van der Waals surface area contributed by atoms with Crippen LogP contribution in [0, 0.1) is 0 Å². The van der Waals surface area contributed by atoms with E-state index >= 15 is 0 Å². The summed E-state index contributed by atoms with van der Waals surface area (Å²) in [5.41, 5.74) is 1.05. The van der Waals surface area contributed by atoms with Crippen LogP contribution in [0.4, 0.5) is 0 Å². The fourth-order valence-electron chi connectivity index (χ4n) is 1.48. The van der Waals surface area contributed by atoms with Crippen molar-refractivity contribution in [2.75, 3.05) is 0 Å². The summed E-state index contributed by atoms with van der Waals surface area (Å²) in [5, 5.41) is 0.718. The third-order valence-electron chi connectivity index (χ3n) is 2.51. The molecular formula is C14H14BrClN2O. The molecule has 0 atom stereocenters. The summed E-state index contributed by atoms with van der Waals surface area (Å²) in [7, 11) is 0. The highest BCUT2D eigenvalue weighted by Crippen LogP contribution is 2.20. The molecule has 0 spiro atoms. The molecule has 3 nitrogen and oxygen atoms in total. The standard InChI is InChI=1S/C14H14BrClN2O/c1-9(2)14-17-12(15)7-13(18-14)19-8-10-3-5-11(16)6-4-10/h3-7,9H,8H2,1-2H3. The van der Waals surface area contributed by atoms with Crippen molar-refractivity contribution < 1.29 is 4.74 Å². The van der Waals surface area contributed by atoms with Crippen LogP contribution in [0.3, 0.4) is 0 Å². The maximum absolute atomic E-state index is 5.84. The minimum absolute atomic E-state index is 0.260. The normalized spacial score (nSPS) is 10.8. The quantitative estimate of drug-likeness (QED) is 0.763. The molecule has 1 aromatic carbocycles. The molecule has 100 valence electrons. The Labute approximate surface area is 126 Å². The smallest absolute Gasteiger partial charge is 0.218 e. The van der Waals surface area contributed by atoms with Gasteiger partial charge in [0.25, 0.3) is 0 Å². The Bertz CT molecular complexity index is 558. The van der Waals surface area contributed by atoms with Crippen molar-refractivity contribution in [1.82, 2.24) is 9.97 Å². The van der Waals surface area contributed by atoms with E-state index in [-0.39, 0.29) is 5.92 Å². The number of halogens is 2. The van der Waals surface area contributed by atoms with Crippen molar-refractivity contribution in [3.63, 3.8) is 0 Å². The van der Waals surface area contributed by atoms with Crippen LogP contribution >= 0.6 is 27.5 Å². The molecule has 0 bridgehead atoms. The van der Waals surface area contributed by atoms with Gasteiger partial charge in [0.1, 0.15) is 17.0 Å². The number of aromatic nitrogens is 2. The Hall–Kier alpha value is -1.13. The van der Waals surface area contributed by atoms with E-state index in [0.717, 1.165) is 21.0 Å². The summed E-state index contributed by atoms with van der Waals surface area (Å²) >= 11 is 9.21. The SMILES string of the molecule is CC(C)c1nc(Br)cc(OCc2ccc(Cl)cc2)n1. The van der Waals surface area contributed by atoms with Gasteiger partial charge in [-0.25, -0.2) is 4.98 Å². The highest BCUT2D eigenvalue weighted by atomic mass is 79.9. The van der Waals surface area contributed by atoms with Crippen molar-refractivity contribution in [2.24, 2.45) is 0 Å². The Morgan fingerprint density at radius 1 is 1.21 bits per heavy atom. The fraction of sp³-hybridized carbons (Fsp3) is 0.286. The molecule has 0 saturated heterocycles. The van der Waals surface area contributed by atoms with Crippen LogP contribution in [0.25, 0.3) is 0 Å². The molecule has 2 aromatic rings. The zero-order valence-electron chi connectivity index (χ0n) is 10.7. The Morgan fingerprint density at radius 3 is 2.53 bits per heavy atom. The molecule has 0 saturated carbocycles. The van der Waals surface area contributed by atoms with Gasteiger partial charge < -0.3 is 4.74 Å². The molecule has 1 heterocycles. The first-order chi connectivity index (χ1) is 9.04. The largest absolute Gasteiger partial charge is 0.473 e. The molecule has 0 aliphatic carbocycles. The monoisotopic (exact) mass is 340 g/mol. The summed E-state index contributed by atoms with van der Waals surface area (Å²) in [6, 6.07) is 9.32. The van der Waals surface area contributed by atoms with Crippen LogP contribution in [0.1, 0.15) is 31.2 Å². The second-order valence-corrected chi connectivity index (χ2v) is 5.71. The number of rotatable bonds is 4. The summed E-state index contributed by atoms with van der Waals surface area (Å²) < 4.78 is 6.41. The van der Waals surface area contributed by atoms with Gasteiger partial charge in [0.05, 0.1) is 0 Å². The molecule has 0 N–H and O–H groups in total. The summed E-state index contributed by atoms with van der Waals surface area (Å²) in [5.74, 6) is 1.59. The van der Waals surface area contributed by atoms with Crippen LogP contribution in [0.5, 0.6) is 5.88 Å². The van der Waals surface area contributed by atoms with E-state index in [0.29, 0.717) is 12.5 Å². The van der Waals surface area contributed by atoms with E-state index in [1.807, 2.05) is 38.1 Å². The van der Waals surface area contributed by atoms with E-state index < -0.39 is 0 Å². The lowest BCUT2D eigenvalue weighted by Crippen LogP contribution is -2.03. The number of ether oxygens (including phenoxy) is 1. The third-order valence-corrected chi connectivity index (χ3v) is 3.16. The van der Waals surface area contributed by atoms with E-state index in [2.05, 4.69) is 25.9 Å². The molecule has 19 heavy (non-hydrogen) atoms. The molecule has 1 aromatic heterocycles. The van der Waals surface area contributed by atoms with E-state index in [1.165, 1.54) is 0 Å². The molecule has 0 aliphatic heterocycles. The van der Waals surface area contributed by atoms with Gasteiger partial charge in [-0.2, -0.15) is 4.98 Å². The molecule has 0 amide bonds. The van der Waals surface area contributed by atoms with Crippen LogP contribution < -0.4 is 4.74 Å². The molecule has 0 radical (unpaired) electrons. The zero-order valence-corrected chi connectivity index (χ0v) is 13.1. The molecule has 2 rings (SSSR count). The predicted molar refractivity (Wildman–Crippen MR) is 79.6 cm³/mol. The van der Waals surface area contributed by atoms with Crippen molar-refractivity contribution in [3.05, 3.63) is 51.3 Å². The van der Waals surface area contributed by atoms with E-state index in [9.17, 15) is 0 Å². The lowest BCUT2D eigenvalue weighted by molar-refractivity contribution is 0.291. The summed E-state index contributed by atoms with van der Waals surface area (Å²) in [6.07, 6.45) is 0. The Morgan fingerprint density at radius 2 is 1.89 bits per heavy atom. The second-order valence-electron chi connectivity index (χ2n) is 4.46. The number of benzene rings is 1. The zero-order chi connectivity index (χ0) is 13.8. The second kappa shape index (κ2) is 6.35. The first-order valence-corrected chi connectivity index (χ1v) is 7.13. The number of nitrogens with zero attached hydrogens (tertiary/aromatic N) is 2. The molecule has 0 aliphatic rings. The minimum atomic E-state index is 0.260. The Balaban J connectivity index is 2.08. The maximum atomic E-state index is 5.84. The lowest BCUT2D eigenvalue weighted by Gasteiger charge is -2.09. The van der Waals surface area contributed by atoms with Crippen molar-refractivity contribution in [1.29, 1.82) is 0 Å². The predicted octanol–water partition coefficient (Wildman–Crippen LogP) is 4.59. The average molecular weight is 342 g/mol. The van der Waals surface area contributed by atoms with Gasteiger partial charge in [0, 0.05) is 17.0 Å². The average Bonchev–Trinajstić information content (AvgIpc) is 2.37. The maximum Gasteiger partial charge on any atom is 0.218 e. The van der Waals surface area contributed by atoms with E-state index in [4.69, 9.17) is 16.3 Å². The summed E-state index contributed by atoms with van der Waals surface area (Å²) in [6.45, 7) is 4.55. The topological polar surface area (TPSA) is 35.0 Å². The number of hydrogen-bond donors (Lipinski definition) is 0. The minimum Gasteiger partial charge on any atom is -0.473 e. The Kier molecular flexibility index (Phi) is 4.77. The van der Waals surface area contributed by atoms with Crippen molar-refractivity contribution >= 4 is 27.5 Å². The van der Waals surface area contributed by atoms with Crippen LogP contribution in [0.15, 0.2) is 34.9 Å². The summed E-state index contributed by atoms with van der Waals surface area (Å²) in [4.78, 5) is 8.68. The highest BCUT2D eigenvalue weighted by Gasteiger charge is 2.07. The third kappa shape index (κ3) is 4.18. The molecule has 5 heteroatoms. The van der Waals surface area contributed by atoms with Gasteiger partial charge in [-0.3, -0.25) is 0 Å². The van der Waals surface area contributed by atoms with Crippen molar-refractivity contribution in [2.45, 2.75) is 26.4 Å². The molecule has 0 unspecified atom stereocenters. The van der Waals surface area contributed by atoms with E-state index in [1.54, 1.807) is 6.07 Å². The van der Waals surface area contributed by atoms with Gasteiger partial charge >= 0.3 is 0 Å². The molecular weight excluding hydrogens is 328 g/mol. The van der Waals surface area contributed by atoms with Crippen LogP contribution in [-0.4, -0.2) is 9.97 Å². The van der Waals surface area contributed by atoms with Crippen LogP contribution in [0.2, 0.25) is 5.02 Å². The van der Waals surface area contributed by atoms with Crippen molar-refractivity contribution in [3.8, 4) is 5.88 Å².